The van der Waals surface area contributed by atoms with E-state index in [9.17, 15) is 18.0 Å². The Morgan fingerprint density at radius 2 is 1.96 bits per heavy atom. The lowest BCUT2D eigenvalue weighted by Crippen LogP contribution is -2.31. The summed E-state index contributed by atoms with van der Waals surface area (Å²) in [6.07, 6.45) is 1.29. The lowest BCUT2D eigenvalue weighted by Gasteiger charge is -2.06. The maximum atomic E-state index is 12.1. The molecule has 0 spiro atoms. The van der Waals surface area contributed by atoms with Crippen molar-refractivity contribution in [2.24, 2.45) is 0 Å². The second-order valence-electron chi connectivity index (χ2n) is 4.95. The van der Waals surface area contributed by atoms with Crippen LogP contribution in [-0.2, 0) is 19.6 Å². The highest BCUT2D eigenvalue weighted by molar-refractivity contribution is 8.00. The summed E-state index contributed by atoms with van der Waals surface area (Å²) in [6, 6.07) is 6.15. The number of rotatable bonds is 7. The molecule has 1 amide bonds. The maximum absolute atomic E-state index is 12.1. The monoisotopic (exact) mass is 383 g/mol. The summed E-state index contributed by atoms with van der Waals surface area (Å²) >= 11 is 0.972. The van der Waals surface area contributed by atoms with E-state index in [1.54, 1.807) is 19.1 Å². The Labute approximate surface area is 149 Å². The van der Waals surface area contributed by atoms with E-state index in [0.29, 0.717) is 5.16 Å². The molecule has 2 rings (SSSR count). The Bertz CT molecular complexity index is 860. The van der Waals surface area contributed by atoms with Crippen LogP contribution in [0, 0.1) is 6.92 Å². The van der Waals surface area contributed by atoms with Gasteiger partial charge in [0.2, 0.25) is 5.91 Å². The molecular weight excluding hydrogens is 366 g/mol. The molecule has 8 nitrogen and oxygen atoms in total. The summed E-state index contributed by atoms with van der Waals surface area (Å²) in [5.74, 6) is -1.42. The smallest absolute Gasteiger partial charge is 0.356 e. The summed E-state index contributed by atoms with van der Waals surface area (Å²) in [6.45, 7) is 3.75. The first-order valence-electron chi connectivity index (χ1n) is 7.29. The van der Waals surface area contributed by atoms with Gasteiger partial charge in [0.25, 0.3) is 10.0 Å². The number of esters is 1. The van der Waals surface area contributed by atoms with Gasteiger partial charge < -0.3 is 9.72 Å². The average molecular weight is 383 g/mol. The maximum Gasteiger partial charge on any atom is 0.356 e. The van der Waals surface area contributed by atoms with E-state index < -0.39 is 21.9 Å². The minimum Gasteiger partial charge on any atom is -0.461 e. The predicted molar refractivity (Wildman–Crippen MR) is 91.8 cm³/mol. The molecule has 2 aromatic rings. The molecule has 134 valence electrons. The lowest BCUT2D eigenvalue weighted by atomic mass is 10.2. The van der Waals surface area contributed by atoms with Crippen LogP contribution in [0.4, 0.5) is 0 Å². The molecule has 0 atom stereocenters. The molecule has 1 aromatic carbocycles. The van der Waals surface area contributed by atoms with Gasteiger partial charge >= 0.3 is 5.97 Å². The zero-order valence-electron chi connectivity index (χ0n) is 13.6. The van der Waals surface area contributed by atoms with Gasteiger partial charge in [0.15, 0.2) is 5.16 Å². The lowest BCUT2D eigenvalue weighted by molar-refractivity contribution is -0.116. The third-order valence-electron chi connectivity index (χ3n) is 2.97. The Morgan fingerprint density at radius 3 is 2.60 bits per heavy atom. The molecule has 0 saturated carbocycles. The van der Waals surface area contributed by atoms with Crippen molar-refractivity contribution in [3.63, 3.8) is 0 Å². The van der Waals surface area contributed by atoms with Crippen LogP contribution in [-0.4, -0.2) is 42.6 Å². The second kappa shape index (κ2) is 8.17. The first-order chi connectivity index (χ1) is 11.8. The second-order valence-corrected chi connectivity index (χ2v) is 7.60. The summed E-state index contributed by atoms with van der Waals surface area (Å²) < 4.78 is 31.0. The number of aromatic amines is 1. The molecule has 0 aliphatic heterocycles. The highest BCUT2D eigenvalue weighted by atomic mass is 32.2. The van der Waals surface area contributed by atoms with Crippen molar-refractivity contribution in [2.45, 2.75) is 23.9 Å². The van der Waals surface area contributed by atoms with Crippen LogP contribution in [0.15, 0.2) is 40.5 Å². The van der Waals surface area contributed by atoms with Gasteiger partial charge in [0, 0.05) is 0 Å². The van der Waals surface area contributed by atoms with E-state index >= 15 is 0 Å². The van der Waals surface area contributed by atoms with Gasteiger partial charge in [-0.25, -0.2) is 22.9 Å². The highest BCUT2D eigenvalue weighted by Crippen LogP contribution is 2.15. The number of ether oxygens (including phenoxy) is 1. The van der Waals surface area contributed by atoms with Crippen molar-refractivity contribution in [3.05, 3.63) is 41.7 Å². The number of aromatic nitrogens is 2. The van der Waals surface area contributed by atoms with Crippen molar-refractivity contribution in [1.82, 2.24) is 14.7 Å². The van der Waals surface area contributed by atoms with Crippen molar-refractivity contribution in [3.8, 4) is 0 Å². The van der Waals surface area contributed by atoms with Crippen molar-refractivity contribution < 1.29 is 22.7 Å². The minimum absolute atomic E-state index is 0.0130. The number of H-pyrrole nitrogens is 1. The van der Waals surface area contributed by atoms with Crippen LogP contribution in [0.1, 0.15) is 23.0 Å². The van der Waals surface area contributed by atoms with Gasteiger partial charge in [0.05, 0.1) is 23.5 Å². The van der Waals surface area contributed by atoms with Crippen LogP contribution >= 0.6 is 11.8 Å². The van der Waals surface area contributed by atoms with Crippen LogP contribution in [0.25, 0.3) is 0 Å². The van der Waals surface area contributed by atoms with Crippen LogP contribution < -0.4 is 4.72 Å². The number of nitrogens with one attached hydrogen (secondary N) is 2. The summed E-state index contributed by atoms with van der Waals surface area (Å²) in [5.41, 5.74) is 1.08. The fourth-order valence-electron chi connectivity index (χ4n) is 1.78. The number of amides is 1. The Kier molecular flexibility index (Phi) is 6.21. The minimum atomic E-state index is -3.91. The number of hydrogen-bond donors (Lipinski definition) is 2. The fourth-order valence-corrected chi connectivity index (χ4v) is 3.50. The predicted octanol–water partition coefficient (Wildman–Crippen LogP) is 1.49. The quantitative estimate of drug-likeness (QED) is 0.549. The highest BCUT2D eigenvalue weighted by Gasteiger charge is 2.18. The summed E-state index contributed by atoms with van der Waals surface area (Å²) in [4.78, 5) is 30.0. The normalized spacial score (nSPS) is 11.1. The van der Waals surface area contributed by atoms with Crippen molar-refractivity contribution in [2.75, 3.05) is 12.4 Å². The standard InChI is InChI=1S/C15H17N3O5S2/c1-3-23-14(20)12-8-16-15(17-12)24-9-13(19)18-25(21,22)11-6-4-10(2)5-7-11/h4-8H,3,9H2,1-2H3,(H,16,17)(H,18,19). The Morgan fingerprint density at radius 1 is 1.28 bits per heavy atom. The molecule has 0 radical (unpaired) electrons. The topological polar surface area (TPSA) is 118 Å². The third-order valence-corrected chi connectivity index (χ3v) is 5.24. The number of carbonyl (C=O) groups excluding carboxylic acids is 2. The third kappa shape index (κ3) is 5.33. The van der Waals surface area contributed by atoms with Crippen LogP contribution in [0.3, 0.4) is 0 Å². The van der Waals surface area contributed by atoms with Gasteiger partial charge in [-0.15, -0.1) is 0 Å². The van der Waals surface area contributed by atoms with E-state index in [1.165, 1.54) is 18.3 Å². The van der Waals surface area contributed by atoms with Gasteiger partial charge in [0.1, 0.15) is 5.69 Å². The van der Waals surface area contributed by atoms with Crippen molar-refractivity contribution >= 4 is 33.7 Å². The number of carbonyl (C=O) groups is 2. The number of nitrogens with zero attached hydrogens (tertiary/aromatic N) is 1. The van der Waals surface area contributed by atoms with E-state index in [4.69, 9.17) is 4.74 Å². The molecule has 0 aliphatic carbocycles. The number of sulfonamides is 1. The molecule has 25 heavy (non-hydrogen) atoms. The number of hydrogen-bond acceptors (Lipinski definition) is 7. The molecule has 1 aromatic heterocycles. The Hall–Kier alpha value is -2.33. The number of thioether (sulfide) groups is 1. The number of aryl methyl sites for hydroxylation is 1. The largest absolute Gasteiger partial charge is 0.461 e. The Balaban J connectivity index is 1.92. The first-order valence-corrected chi connectivity index (χ1v) is 9.76. The van der Waals surface area contributed by atoms with E-state index in [0.717, 1.165) is 17.3 Å². The van der Waals surface area contributed by atoms with Gasteiger partial charge in [-0.1, -0.05) is 29.5 Å². The van der Waals surface area contributed by atoms with E-state index in [-0.39, 0.29) is 22.9 Å². The van der Waals surface area contributed by atoms with Gasteiger partial charge in [-0.2, -0.15) is 0 Å². The molecule has 0 bridgehead atoms. The van der Waals surface area contributed by atoms with Gasteiger partial charge in [-0.3, -0.25) is 4.79 Å². The number of imidazole rings is 1. The molecular formula is C15H17N3O5S2. The van der Waals surface area contributed by atoms with Crippen LogP contribution in [0.2, 0.25) is 0 Å². The molecule has 0 fully saturated rings. The van der Waals surface area contributed by atoms with Crippen molar-refractivity contribution in [1.29, 1.82) is 0 Å². The van der Waals surface area contributed by atoms with Gasteiger partial charge in [-0.05, 0) is 26.0 Å². The number of benzene rings is 1. The SMILES string of the molecule is CCOC(=O)c1cnc(SCC(=O)NS(=O)(=O)c2ccc(C)cc2)[nH]1. The molecule has 0 aliphatic rings. The molecule has 1 heterocycles. The summed E-state index contributed by atoms with van der Waals surface area (Å²) in [7, 11) is -3.91. The molecule has 10 heteroatoms. The average Bonchev–Trinajstić information content (AvgIpc) is 3.02. The zero-order valence-corrected chi connectivity index (χ0v) is 15.2. The summed E-state index contributed by atoms with van der Waals surface area (Å²) in [5, 5.41) is 0.311. The molecule has 0 saturated heterocycles. The van der Waals surface area contributed by atoms with Crippen LogP contribution in [0.5, 0.6) is 0 Å². The van der Waals surface area contributed by atoms with E-state index in [1.807, 2.05) is 11.6 Å². The molecule has 2 N–H and O–H groups in total. The molecule has 0 unspecified atom stereocenters. The van der Waals surface area contributed by atoms with E-state index in [2.05, 4.69) is 9.97 Å². The fraction of sp³-hybridized carbons (Fsp3) is 0.267. The zero-order chi connectivity index (χ0) is 18.4. The first kappa shape index (κ1) is 19.0.